The Labute approximate surface area is 153 Å². The number of rotatable bonds is 6. The van der Waals surface area contributed by atoms with Crippen molar-refractivity contribution in [2.75, 3.05) is 43.3 Å². The molecule has 0 amide bonds. The van der Waals surface area contributed by atoms with E-state index in [0.29, 0.717) is 21.4 Å². The van der Waals surface area contributed by atoms with Crippen molar-refractivity contribution in [1.29, 1.82) is 0 Å². The van der Waals surface area contributed by atoms with E-state index >= 15 is 0 Å². The van der Waals surface area contributed by atoms with Crippen molar-refractivity contribution in [3.63, 3.8) is 0 Å². The van der Waals surface area contributed by atoms with Gasteiger partial charge in [-0.1, -0.05) is 0 Å². The quantitative estimate of drug-likeness (QED) is 0.583. The lowest BCUT2D eigenvalue weighted by molar-refractivity contribution is 0.503. The van der Waals surface area contributed by atoms with Crippen molar-refractivity contribution in [3.05, 3.63) is 42.0 Å². The minimum absolute atomic E-state index is 0.431. The van der Waals surface area contributed by atoms with Crippen LogP contribution in [0.4, 0.5) is 22.7 Å². The molecular formula is C17H23N3O3S2. The van der Waals surface area contributed by atoms with Crippen LogP contribution in [0.3, 0.4) is 0 Å². The Kier molecular flexibility index (Phi) is 5.87. The number of nitrogens with one attached hydrogen (secondary N) is 1. The average Bonchev–Trinajstić information content (AvgIpc) is 2.49. The molecule has 0 atom stereocenters. The number of benzene rings is 2. The van der Waals surface area contributed by atoms with Crippen LogP contribution in [-0.2, 0) is 9.15 Å². The monoisotopic (exact) mass is 381 g/mol. The Morgan fingerprint density at radius 2 is 1.52 bits per heavy atom. The average molecular weight is 382 g/mol. The van der Waals surface area contributed by atoms with Crippen LogP contribution in [0.15, 0.2) is 41.3 Å². The maximum absolute atomic E-state index is 11.4. The van der Waals surface area contributed by atoms with Crippen molar-refractivity contribution in [1.82, 2.24) is 0 Å². The van der Waals surface area contributed by atoms with E-state index in [1.54, 1.807) is 6.07 Å². The molecule has 6 nitrogen and oxygen atoms in total. The zero-order valence-electron chi connectivity index (χ0n) is 14.9. The third kappa shape index (κ3) is 5.29. The lowest BCUT2D eigenvalue weighted by atomic mass is 10.1. The van der Waals surface area contributed by atoms with E-state index in [4.69, 9.17) is 0 Å². The Morgan fingerprint density at radius 3 is 2.00 bits per heavy atom. The van der Waals surface area contributed by atoms with Gasteiger partial charge in [-0.25, -0.2) is 0 Å². The highest BCUT2D eigenvalue weighted by Crippen LogP contribution is 2.38. The lowest BCUT2D eigenvalue weighted by Gasteiger charge is -2.20. The summed E-state index contributed by atoms with van der Waals surface area (Å²) in [6.45, 7) is 1.90. The molecule has 0 saturated heterocycles. The molecule has 0 spiro atoms. The summed E-state index contributed by atoms with van der Waals surface area (Å²) in [7, 11) is 3.90. The summed E-state index contributed by atoms with van der Waals surface area (Å²) in [4.78, 5) is 4.33. The van der Waals surface area contributed by atoms with E-state index in [9.17, 15) is 13.0 Å². The van der Waals surface area contributed by atoms with E-state index in [1.807, 2.05) is 75.2 Å². The zero-order chi connectivity index (χ0) is 18.8. The highest BCUT2D eigenvalue weighted by molar-refractivity contribution is 8.70. The number of hydrogen-bond donors (Lipinski definition) is 2. The summed E-state index contributed by atoms with van der Waals surface area (Å²) < 4.78 is 32.0. The minimum Gasteiger partial charge on any atom is -0.378 e. The van der Waals surface area contributed by atoms with Gasteiger partial charge >= 0.3 is 9.15 Å². The van der Waals surface area contributed by atoms with Crippen LogP contribution < -0.4 is 15.1 Å². The van der Waals surface area contributed by atoms with Crippen LogP contribution in [0.1, 0.15) is 5.56 Å². The standard InChI is InChI=1S/C17H23N3O3S2/c1-12-10-15(20(4)5)11-16(24-25(21,22)23)17(12)18-13-6-8-14(9-7-13)19(2)3/h6-11,18H,1-5H3,(H,21,22,23). The van der Waals surface area contributed by atoms with Crippen LogP contribution in [-0.4, -0.2) is 41.2 Å². The van der Waals surface area contributed by atoms with E-state index in [1.165, 1.54) is 0 Å². The maximum atomic E-state index is 11.4. The second-order valence-electron chi connectivity index (χ2n) is 6.11. The molecule has 0 radical (unpaired) electrons. The summed E-state index contributed by atoms with van der Waals surface area (Å²) in [6, 6.07) is 11.5. The molecule has 0 bridgehead atoms. The van der Waals surface area contributed by atoms with E-state index in [-0.39, 0.29) is 0 Å². The molecule has 0 aliphatic heterocycles. The molecule has 2 aromatic carbocycles. The van der Waals surface area contributed by atoms with Gasteiger partial charge in [-0.05, 0) is 48.9 Å². The SMILES string of the molecule is Cc1cc(N(C)C)cc(SS(=O)(=O)O)c1Nc1ccc(N(C)C)cc1. The summed E-state index contributed by atoms with van der Waals surface area (Å²) in [5, 5.41) is 3.26. The summed E-state index contributed by atoms with van der Waals surface area (Å²) in [5.74, 6) is 0. The molecule has 0 aromatic heterocycles. The largest absolute Gasteiger partial charge is 0.378 e. The molecule has 0 unspecified atom stereocenters. The van der Waals surface area contributed by atoms with Crippen molar-refractivity contribution in [2.45, 2.75) is 11.8 Å². The second-order valence-corrected chi connectivity index (χ2v) is 9.33. The topological polar surface area (TPSA) is 72.9 Å². The predicted octanol–water partition coefficient (Wildman–Crippen LogP) is 3.77. The molecule has 2 rings (SSSR count). The van der Waals surface area contributed by atoms with Crippen LogP contribution in [0.25, 0.3) is 0 Å². The Hall–Kier alpha value is -1.90. The first kappa shape index (κ1) is 19.4. The molecule has 0 saturated carbocycles. The molecule has 25 heavy (non-hydrogen) atoms. The summed E-state index contributed by atoms with van der Waals surface area (Å²) in [5.41, 5.74) is 4.30. The van der Waals surface area contributed by atoms with Crippen molar-refractivity contribution >= 4 is 42.7 Å². The van der Waals surface area contributed by atoms with Crippen molar-refractivity contribution < 1.29 is 13.0 Å². The second kappa shape index (κ2) is 7.55. The minimum atomic E-state index is -4.22. The third-order valence-electron chi connectivity index (χ3n) is 3.65. The number of hydrogen-bond acceptors (Lipinski definition) is 6. The number of nitrogens with zero attached hydrogens (tertiary/aromatic N) is 2. The van der Waals surface area contributed by atoms with E-state index < -0.39 is 9.15 Å². The van der Waals surface area contributed by atoms with Crippen LogP contribution >= 0.6 is 10.8 Å². The van der Waals surface area contributed by atoms with Gasteiger partial charge in [-0.15, -0.1) is 0 Å². The zero-order valence-corrected chi connectivity index (χ0v) is 16.6. The molecular weight excluding hydrogens is 358 g/mol. The molecule has 0 fully saturated rings. The summed E-state index contributed by atoms with van der Waals surface area (Å²) >= 11 is 0. The number of anilines is 4. The summed E-state index contributed by atoms with van der Waals surface area (Å²) in [6.07, 6.45) is 0. The van der Waals surface area contributed by atoms with Gasteiger partial charge < -0.3 is 15.1 Å². The van der Waals surface area contributed by atoms with Gasteiger partial charge in [0.25, 0.3) is 0 Å². The molecule has 0 aliphatic carbocycles. The Morgan fingerprint density at radius 1 is 0.960 bits per heavy atom. The molecule has 8 heteroatoms. The first-order chi connectivity index (χ1) is 11.6. The smallest absolute Gasteiger partial charge is 0.324 e. The van der Waals surface area contributed by atoms with Gasteiger partial charge in [-0.2, -0.15) is 8.42 Å². The first-order valence-corrected chi connectivity index (χ1v) is 10.4. The van der Waals surface area contributed by atoms with Crippen LogP contribution in [0.2, 0.25) is 0 Å². The fraction of sp³-hybridized carbons (Fsp3) is 0.294. The highest BCUT2D eigenvalue weighted by atomic mass is 33.1. The number of aryl methyl sites for hydroxylation is 1. The van der Waals surface area contributed by atoms with E-state index in [0.717, 1.165) is 22.6 Å². The van der Waals surface area contributed by atoms with Gasteiger partial charge in [0.05, 0.1) is 10.6 Å². The van der Waals surface area contributed by atoms with Gasteiger partial charge in [0, 0.05) is 56.0 Å². The fourth-order valence-corrected chi connectivity index (χ4v) is 4.09. The van der Waals surface area contributed by atoms with Gasteiger partial charge in [0.2, 0.25) is 0 Å². The van der Waals surface area contributed by atoms with Gasteiger partial charge in [0.15, 0.2) is 0 Å². The van der Waals surface area contributed by atoms with Crippen molar-refractivity contribution in [3.8, 4) is 0 Å². The Balaban J connectivity index is 2.44. The Bertz CT molecular complexity index is 848. The van der Waals surface area contributed by atoms with Gasteiger partial charge in [-0.3, -0.25) is 4.55 Å². The van der Waals surface area contributed by atoms with E-state index in [2.05, 4.69) is 5.32 Å². The molecule has 2 N–H and O–H groups in total. The predicted molar refractivity (Wildman–Crippen MR) is 107 cm³/mol. The van der Waals surface area contributed by atoms with Crippen LogP contribution in [0.5, 0.6) is 0 Å². The molecule has 136 valence electrons. The molecule has 2 aromatic rings. The molecule has 0 heterocycles. The molecule has 0 aliphatic rings. The van der Waals surface area contributed by atoms with Crippen molar-refractivity contribution in [2.24, 2.45) is 0 Å². The lowest BCUT2D eigenvalue weighted by Crippen LogP contribution is -2.10. The maximum Gasteiger partial charge on any atom is 0.324 e. The normalized spacial score (nSPS) is 11.3. The fourth-order valence-electron chi connectivity index (χ4n) is 2.32. The third-order valence-corrected chi connectivity index (χ3v) is 5.53. The van der Waals surface area contributed by atoms with Crippen LogP contribution in [0, 0.1) is 6.92 Å². The van der Waals surface area contributed by atoms with Gasteiger partial charge in [0.1, 0.15) is 0 Å². The highest BCUT2D eigenvalue weighted by Gasteiger charge is 2.16. The first-order valence-electron chi connectivity index (χ1n) is 7.60.